The van der Waals surface area contributed by atoms with Crippen molar-refractivity contribution in [1.29, 1.82) is 0 Å². The predicted octanol–water partition coefficient (Wildman–Crippen LogP) is -1.21. The quantitative estimate of drug-likeness (QED) is 0.0654. The lowest BCUT2D eigenvalue weighted by Crippen LogP contribution is -2.43. The summed E-state index contributed by atoms with van der Waals surface area (Å²) < 4.78 is 32.0. The van der Waals surface area contributed by atoms with Crippen LogP contribution in [0.15, 0.2) is 0 Å². The molecule has 0 aromatic carbocycles. The van der Waals surface area contributed by atoms with Crippen LogP contribution in [0.2, 0.25) is 12.1 Å². The first kappa shape index (κ1) is 36.1. The third-order valence-electron chi connectivity index (χ3n) is 5.14. The average molecular weight is 531 g/mol. The fourth-order valence-corrected chi connectivity index (χ4v) is 6.47. The molecule has 14 heteroatoms. The molecule has 0 saturated heterocycles. The second-order valence-corrected chi connectivity index (χ2v) is 13.6. The molecule has 0 aliphatic rings. The van der Waals surface area contributed by atoms with E-state index in [2.05, 4.69) is 21.3 Å². The summed E-state index contributed by atoms with van der Waals surface area (Å²) in [5, 5.41) is 13.1. The van der Waals surface area contributed by atoms with Gasteiger partial charge in [-0.15, -0.1) is 0 Å². The minimum atomic E-state index is -2.37. The van der Waals surface area contributed by atoms with Crippen LogP contribution in [0.5, 0.6) is 0 Å². The minimum Gasteiger partial charge on any atom is -0.377 e. The maximum Gasteiger partial charge on any atom is 0.500 e. The molecule has 0 aromatic rings. The molecule has 208 valence electrons. The molecule has 0 rings (SSSR count). The molecule has 0 unspecified atom stereocenters. The van der Waals surface area contributed by atoms with Crippen molar-refractivity contribution in [2.75, 3.05) is 108 Å². The second-order valence-electron chi connectivity index (χ2n) is 7.38. The fourth-order valence-electron chi connectivity index (χ4n) is 3.03. The smallest absolute Gasteiger partial charge is 0.377 e. The van der Waals surface area contributed by atoms with E-state index >= 15 is 0 Å². The van der Waals surface area contributed by atoms with E-state index in [0.717, 1.165) is 77.3 Å². The first-order valence-electron chi connectivity index (χ1n) is 12.0. The lowest BCUT2D eigenvalue weighted by atomic mass is 10.4. The van der Waals surface area contributed by atoms with Gasteiger partial charge in [0.2, 0.25) is 0 Å². The van der Waals surface area contributed by atoms with Crippen LogP contribution in [-0.2, 0) is 26.6 Å². The van der Waals surface area contributed by atoms with Crippen LogP contribution in [0, 0.1) is 0 Å². The molecule has 12 nitrogen and oxygen atoms in total. The van der Waals surface area contributed by atoms with Crippen LogP contribution in [0.1, 0.15) is 12.8 Å². The Morgan fingerprint density at radius 1 is 0.441 bits per heavy atom. The summed E-state index contributed by atoms with van der Waals surface area (Å²) in [6, 6.07) is 1.67. The fraction of sp³-hybridized carbons (Fsp3) is 1.00. The van der Waals surface area contributed by atoms with E-state index in [1.807, 2.05) is 0 Å². The highest BCUT2D eigenvalue weighted by Gasteiger charge is 2.37. The third kappa shape index (κ3) is 19.2. The van der Waals surface area contributed by atoms with Crippen LogP contribution in [0.25, 0.3) is 0 Å². The van der Waals surface area contributed by atoms with Gasteiger partial charge in [-0.2, -0.15) is 0 Å². The van der Waals surface area contributed by atoms with Gasteiger partial charge in [0.05, 0.1) is 0 Å². The summed E-state index contributed by atoms with van der Waals surface area (Å²) in [6.07, 6.45) is 1.97. The van der Waals surface area contributed by atoms with Crippen LogP contribution in [0.4, 0.5) is 0 Å². The standard InChI is InChI=1S/2C10H27N3O3Si/c2*1-14-17(15-2,16-3)10-4-6-12-8-9-13-7-5-11/h2*12-13H,4-11H2,1-3H3. The van der Waals surface area contributed by atoms with E-state index in [-0.39, 0.29) is 0 Å². The zero-order valence-electron chi connectivity index (χ0n) is 22.5. The van der Waals surface area contributed by atoms with Gasteiger partial charge in [0, 0.05) is 107 Å². The number of nitrogens with one attached hydrogen (secondary N) is 4. The van der Waals surface area contributed by atoms with Gasteiger partial charge in [0.15, 0.2) is 0 Å². The third-order valence-corrected chi connectivity index (χ3v) is 10.8. The summed E-state index contributed by atoms with van der Waals surface area (Å²) in [5.41, 5.74) is 10.7. The van der Waals surface area contributed by atoms with Crippen LogP contribution in [0.3, 0.4) is 0 Å². The van der Waals surface area contributed by atoms with Crippen molar-refractivity contribution in [3.8, 4) is 0 Å². The zero-order valence-corrected chi connectivity index (χ0v) is 24.5. The zero-order chi connectivity index (χ0) is 26.0. The van der Waals surface area contributed by atoms with Crippen molar-refractivity contribution in [1.82, 2.24) is 21.3 Å². The van der Waals surface area contributed by atoms with Crippen molar-refractivity contribution in [3.05, 3.63) is 0 Å². The number of nitrogens with two attached hydrogens (primary N) is 2. The maximum atomic E-state index is 5.36. The van der Waals surface area contributed by atoms with E-state index in [4.69, 9.17) is 38.0 Å². The maximum absolute atomic E-state index is 5.36. The Kier molecular flexibility index (Phi) is 27.6. The summed E-state index contributed by atoms with van der Waals surface area (Å²) in [5.74, 6) is 0. The monoisotopic (exact) mass is 530 g/mol. The Morgan fingerprint density at radius 2 is 0.706 bits per heavy atom. The van der Waals surface area contributed by atoms with Crippen LogP contribution in [-0.4, -0.2) is 126 Å². The molecule has 0 bridgehead atoms. The Hall–Kier alpha value is -0.0462. The molecule has 34 heavy (non-hydrogen) atoms. The molecule has 0 aliphatic carbocycles. The average Bonchev–Trinajstić information content (AvgIpc) is 2.88. The SMILES string of the molecule is CO[Si](CCCNCCNCCN)(OC)OC.CO[Si](CCCNCCNCCN)(OC)OC. The van der Waals surface area contributed by atoms with E-state index in [0.29, 0.717) is 13.1 Å². The van der Waals surface area contributed by atoms with E-state index in [1.54, 1.807) is 42.7 Å². The van der Waals surface area contributed by atoms with Crippen LogP contribution >= 0.6 is 0 Å². The predicted molar refractivity (Wildman–Crippen MR) is 142 cm³/mol. The van der Waals surface area contributed by atoms with Gasteiger partial charge in [-0.1, -0.05) is 0 Å². The van der Waals surface area contributed by atoms with Crippen molar-refractivity contribution >= 4 is 17.6 Å². The minimum absolute atomic E-state index is 0.684. The summed E-state index contributed by atoms with van der Waals surface area (Å²) >= 11 is 0. The topological polar surface area (TPSA) is 156 Å². The van der Waals surface area contributed by atoms with Gasteiger partial charge in [-0.05, 0) is 25.9 Å². The van der Waals surface area contributed by atoms with Gasteiger partial charge >= 0.3 is 17.6 Å². The van der Waals surface area contributed by atoms with Crippen molar-refractivity contribution < 1.29 is 26.6 Å². The van der Waals surface area contributed by atoms with Gasteiger partial charge in [0.1, 0.15) is 0 Å². The van der Waals surface area contributed by atoms with Gasteiger partial charge in [-0.25, -0.2) is 0 Å². The molecule has 0 fully saturated rings. The normalized spacial score (nSPS) is 12.0. The largest absolute Gasteiger partial charge is 0.500 e. The molecule has 0 aromatic heterocycles. The van der Waals surface area contributed by atoms with Gasteiger partial charge in [-0.3, -0.25) is 0 Å². The van der Waals surface area contributed by atoms with Crippen LogP contribution < -0.4 is 32.7 Å². The lowest BCUT2D eigenvalue weighted by molar-refractivity contribution is 0.122. The molecule has 0 aliphatic heterocycles. The number of hydrogen-bond donors (Lipinski definition) is 6. The van der Waals surface area contributed by atoms with E-state index < -0.39 is 17.6 Å². The molecule has 0 radical (unpaired) electrons. The van der Waals surface area contributed by atoms with E-state index in [9.17, 15) is 0 Å². The molecule has 0 saturated carbocycles. The Bertz CT molecular complexity index is 361. The van der Waals surface area contributed by atoms with Crippen molar-refractivity contribution in [2.45, 2.75) is 24.9 Å². The summed E-state index contributed by atoms with van der Waals surface area (Å²) in [4.78, 5) is 0. The number of rotatable bonds is 24. The summed E-state index contributed by atoms with van der Waals surface area (Å²) in [7, 11) is 5.11. The first-order valence-corrected chi connectivity index (χ1v) is 15.9. The lowest BCUT2D eigenvalue weighted by Gasteiger charge is -2.24. The molecule has 0 amide bonds. The molecule has 0 heterocycles. The summed E-state index contributed by atoms with van der Waals surface area (Å²) in [6.45, 7) is 8.77. The van der Waals surface area contributed by atoms with Gasteiger partial charge < -0.3 is 59.3 Å². The Labute approximate surface area is 210 Å². The highest BCUT2D eigenvalue weighted by molar-refractivity contribution is 6.60. The molecule has 0 atom stereocenters. The van der Waals surface area contributed by atoms with Crippen molar-refractivity contribution in [3.63, 3.8) is 0 Å². The molecular formula is C20H54N6O6Si2. The Balaban J connectivity index is 0. The molecular weight excluding hydrogens is 476 g/mol. The molecule has 0 spiro atoms. The second kappa shape index (κ2) is 26.0. The highest BCUT2D eigenvalue weighted by Crippen LogP contribution is 2.14. The number of hydrogen-bond acceptors (Lipinski definition) is 12. The van der Waals surface area contributed by atoms with E-state index in [1.165, 1.54) is 0 Å². The Morgan fingerprint density at radius 3 is 0.941 bits per heavy atom. The first-order chi connectivity index (χ1) is 16.5. The highest BCUT2D eigenvalue weighted by atomic mass is 28.4. The van der Waals surface area contributed by atoms with Crippen molar-refractivity contribution in [2.24, 2.45) is 11.5 Å². The van der Waals surface area contributed by atoms with Gasteiger partial charge in [0.25, 0.3) is 0 Å². The molecule has 8 N–H and O–H groups in total.